The molecule has 1 fully saturated rings. The predicted octanol–water partition coefficient (Wildman–Crippen LogP) is 2.41. The highest BCUT2D eigenvalue weighted by Crippen LogP contribution is 2.26. The Bertz CT molecular complexity index is 636. The monoisotopic (exact) mass is 338 g/mol. The minimum atomic E-state index is -3.64. The Morgan fingerprint density at radius 2 is 1.78 bits per heavy atom. The molecule has 1 heterocycles. The van der Waals surface area contributed by atoms with Gasteiger partial charge in [-0.1, -0.05) is 24.1 Å². The molecule has 0 radical (unpaired) electrons. The fraction of sp³-hybridized carbons (Fsp3) is 0.588. The molecule has 1 aliphatic heterocycles. The Labute approximate surface area is 139 Å². The molecule has 5 nitrogen and oxygen atoms in total. The van der Waals surface area contributed by atoms with Crippen LogP contribution in [0.15, 0.2) is 29.2 Å². The van der Waals surface area contributed by atoms with Crippen LogP contribution in [0.1, 0.15) is 38.7 Å². The first-order valence-electron chi connectivity index (χ1n) is 8.29. The molecule has 6 heteroatoms. The Morgan fingerprint density at radius 1 is 1.17 bits per heavy atom. The largest absolute Gasteiger partial charge is 0.342 e. The molecular weight excluding hydrogens is 312 g/mol. The van der Waals surface area contributed by atoms with Crippen LogP contribution in [-0.2, 0) is 14.8 Å². The van der Waals surface area contributed by atoms with Gasteiger partial charge < -0.3 is 4.90 Å². The van der Waals surface area contributed by atoms with Crippen molar-refractivity contribution in [1.82, 2.24) is 9.21 Å². The number of sulfonamides is 1. The molecule has 1 atom stereocenters. The van der Waals surface area contributed by atoms with Crippen molar-refractivity contribution in [3.63, 3.8) is 0 Å². The molecule has 1 unspecified atom stereocenters. The first kappa shape index (κ1) is 17.9. The number of hydrogen-bond donors (Lipinski definition) is 0. The first-order chi connectivity index (χ1) is 10.9. The van der Waals surface area contributed by atoms with Gasteiger partial charge >= 0.3 is 0 Å². The number of nitrogens with zero attached hydrogens (tertiary/aromatic N) is 2. The van der Waals surface area contributed by atoms with E-state index >= 15 is 0 Å². The number of likely N-dealkylation sites (N-methyl/N-ethyl adjacent to an activating group) is 1. The van der Waals surface area contributed by atoms with Gasteiger partial charge in [0.15, 0.2) is 0 Å². The summed E-state index contributed by atoms with van der Waals surface area (Å²) in [5.74, 6) is -0.0783. The molecule has 0 N–H and O–H groups in total. The van der Waals surface area contributed by atoms with Crippen LogP contribution >= 0.6 is 0 Å². The lowest BCUT2D eigenvalue weighted by atomic mass is 10.0. The van der Waals surface area contributed by atoms with Crippen molar-refractivity contribution in [1.29, 1.82) is 0 Å². The van der Waals surface area contributed by atoms with Gasteiger partial charge in [-0.3, -0.25) is 4.79 Å². The molecule has 1 amide bonds. The molecule has 0 aromatic heterocycles. The Kier molecular flexibility index (Phi) is 5.81. The van der Waals surface area contributed by atoms with Gasteiger partial charge in [0.05, 0.1) is 4.90 Å². The molecule has 1 saturated heterocycles. The predicted molar refractivity (Wildman–Crippen MR) is 90.6 cm³/mol. The smallest absolute Gasteiger partial charge is 0.243 e. The zero-order valence-electron chi connectivity index (χ0n) is 14.2. The first-order valence-corrected chi connectivity index (χ1v) is 9.73. The van der Waals surface area contributed by atoms with Crippen molar-refractivity contribution in [2.45, 2.75) is 51.0 Å². The molecule has 0 spiro atoms. The maximum Gasteiger partial charge on any atom is 0.243 e. The third kappa shape index (κ3) is 3.75. The maximum atomic E-state index is 13.0. The average molecular weight is 338 g/mol. The van der Waals surface area contributed by atoms with Crippen molar-refractivity contribution in [3.8, 4) is 0 Å². The highest BCUT2D eigenvalue weighted by atomic mass is 32.2. The summed E-state index contributed by atoms with van der Waals surface area (Å²) in [4.78, 5) is 14.7. The molecular formula is C17H26N2O3S. The van der Waals surface area contributed by atoms with Gasteiger partial charge in [-0.2, -0.15) is 4.31 Å². The molecule has 128 valence electrons. The SMILES string of the molecule is CCN(CC)C(=O)C1CCCCN1S(=O)(=O)c1ccc(C)cc1. The summed E-state index contributed by atoms with van der Waals surface area (Å²) in [7, 11) is -3.64. The molecule has 0 aliphatic carbocycles. The third-order valence-electron chi connectivity index (χ3n) is 4.44. The lowest BCUT2D eigenvalue weighted by Gasteiger charge is -2.36. The average Bonchev–Trinajstić information content (AvgIpc) is 2.56. The van der Waals surface area contributed by atoms with Gasteiger partial charge in [-0.15, -0.1) is 0 Å². The minimum Gasteiger partial charge on any atom is -0.342 e. The van der Waals surface area contributed by atoms with E-state index in [0.29, 0.717) is 26.1 Å². The van der Waals surface area contributed by atoms with Gasteiger partial charge in [0.25, 0.3) is 0 Å². The Balaban J connectivity index is 2.33. The van der Waals surface area contributed by atoms with E-state index < -0.39 is 16.1 Å². The van der Waals surface area contributed by atoms with E-state index in [9.17, 15) is 13.2 Å². The second-order valence-electron chi connectivity index (χ2n) is 5.95. The summed E-state index contributed by atoms with van der Waals surface area (Å²) in [6.45, 7) is 7.37. The van der Waals surface area contributed by atoms with Gasteiger partial charge in [0.2, 0.25) is 15.9 Å². The number of hydrogen-bond acceptors (Lipinski definition) is 3. The van der Waals surface area contributed by atoms with Crippen LogP contribution in [0.4, 0.5) is 0 Å². The molecule has 0 bridgehead atoms. The van der Waals surface area contributed by atoms with Crippen molar-refractivity contribution >= 4 is 15.9 Å². The van der Waals surface area contributed by atoms with E-state index in [1.54, 1.807) is 29.2 Å². The van der Waals surface area contributed by atoms with Crippen LogP contribution in [0.5, 0.6) is 0 Å². The molecule has 1 aromatic rings. The summed E-state index contributed by atoms with van der Waals surface area (Å²) in [6, 6.07) is 6.25. The quantitative estimate of drug-likeness (QED) is 0.828. The van der Waals surface area contributed by atoms with Crippen LogP contribution in [0.2, 0.25) is 0 Å². The molecule has 1 aromatic carbocycles. The van der Waals surface area contributed by atoms with E-state index in [1.165, 1.54) is 4.31 Å². The second kappa shape index (κ2) is 7.45. The summed E-state index contributed by atoms with van der Waals surface area (Å²) in [5, 5.41) is 0. The summed E-state index contributed by atoms with van der Waals surface area (Å²) in [5.41, 5.74) is 1.01. The van der Waals surface area contributed by atoms with Crippen molar-refractivity contribution in [2.75, 3.05) is 19.6 Å². The van der Waals surface area contributed by atoms with Gasteiger partial charge in [0.1, 0.15) is 6.04 Å². The zero-order valence-corrected chi connectivity index (χ0v) is 15.0. The summed E-state index contributed by atoms with van der Waals surface area (Å²) >= 11 is 0. The lowest BCUT2D eigenvalue weighted by molar-refractivity contribution is -0.135. The van der Waals surface area contributed by atoms with Crippen molar-refractivity contribution in [2.24, 2.45) is 0 Å². The van der Waals surface area contributed by atoms with Crippen molar-refractivity contribution in [3.05, 3.63) is 29.8 Å². The summed E-state index contributed by atoms with van der Waals surface area (Å²) in [6.07, 6.45) is 2.28. The number of amides is 1. The van der Waals surface area contributed by atoms with Crippen LogP contribution < -0.4 is 0 Å². The second-order valence-corrected chi connectivity index (χ2v) is 7.84. The zero-order chi connectivity index (χ0) is 17.0. The van der Waals surface area contributed by atoms with Crippen LogP contribution in [0.25, 0.3) is 0 Å². The number of aryl methyl sites for hydroxylation is 1. The van der Waals surface area contributed by atoms with Crippen LogP contribution in [0, 0.1) is 6.92 Å². The van der Waals surface area contributed by atoms with E-state index in [-0.39, 0.29) is 10.8 Å². The number of carbonyl (C=O) groups is 1. The minimum absolute atomic E-state index is 0.0783. The fourth-order valence-electron chi connectivity index (χ4n) is 3.03. The third-order valence-corrected chi connectivity index (χ3v) is 6.36. The van der Waals surface area contributed by atoms with Crippen LogP contribution in [0.3, 0.4) is 0 Å². The normalized spacial score (nSPS) is 19.5. The number of piperidine rings is 1. The number of rotatable bonds is 5. The van der Waals surface area contributed by atoms with Gasteiger partial charge in [-0.25, -0.2) is 8.42 Å². The van der Waals surface area contributed by atoms with E-state index in [2.05, 4.69) is 0 Å². The molecule has 0 saturated carbocycles. The lowest BCUT2D eigenvalue weighted by Crippen LogP contribution is -2.52. The maximum absolute atomic E-state index is 13.0. The van der Waals surface area contributed by atoms with E-state index in [0.717, 1.165) is 18.4 Å². The molecule has 23 heavy (non-hydrogen) atoms. The highest BCUT2D eigenvalue weighted by molar-refractivity contribution is 7.89. The Hall–Kier alpha value is -1.40. The fourth-order valence-corrected chi connectivity index (χ4v) is 4.68. The van der Waals surface area contributed by atoms with E-state index in [4.69, 9.17) is 0 Å². The molecule has 1 aliphatic rings. The van der Waals surface area contributed by atoms with Crippen LogP contribution in [-0.4, -0.2) is 49.2 Å². The van der Waals surface area contributed by atoms with Gasteiger partial charge in [-0.05, 0) is 45.7 Å². The highest BCUT2D eigenvalue weighted by Gasteiger charge is 2.38. The van der Waals surface area contributed by atoms with Crippen molar-refractivity contribution < 1.29 is 13.2 Å². The number of carbonyl (C=O) groups excluding carboxylic acids is 1. The molecule has 2 rings (SSSR count). The van der Waals surface area contributed by atoms with Gasteiger partial charge in [0, 0.05) is 19.6 Å². The summed E-state index contributed by atoms with van der Waals surface area (Å²) < 4.78 is 27.3. The number of benzene rings is 1. The standard InChI is InChI=1S/C17H26N2O3S/c1-4-18(5-2)17(20)16-8-6-7-13-19(16)23(21,22)15-11-9-14(3)10-12-15/h9-12,16H,4-8,13H2,1-3H3. The Morgan fingerprint density at radius 3 is 2.35 bits per heavy atom. The topological polar surface area (TPSA) is 57.7 Å². The van der Waals surface area contributed by atoms with E-state index in [1.807, 2.05) is 20.8 Å².